The number of nitrogens with two attached hydrogens (primary N) is 1. The zero-order valence-electron chi connectivity index (χ0n) is 20.1. The number of piperazine rings is 1. The molecule has 0 unspecified atom stereocenters. The Labute approximate surface area is 201 Å². The van der Waals surface area contributed by atoms with Gasteiger partial charge in [-0.05, 0) is 87.2 Å². The minimum absolute atomic E-state index is 0.430. The van der Waals surface area contributed by atoms with Crippen molar-refractivity contribution < 1.29 is 4.74 Å². The fourth-order valence-corrected chi connectivity index (χ4v) is 5.85. The second kappa shape index (κ2) is 8.71. The van der Waals surface area contributed by atoms with Gasteiger partial charge in [-0.1, -0.05) is 12.1 Å². The highest BCUT2D eigenvalue weighted by atomic mass is 16.5. The van der Waals surface area contributed by atoms with Gasteiger partial charge in [0.1, 0.15) is 12.4 Å². The Hall–Kier alpha value is -2.90. The van der Waals surface area contributed by atoms with E-state index in [9.17, 15) is 0 Å². The molecule has 0 spiro atoms. The first-order chi connectivity index (χ1) is 16.5. The molecule has 0 radical (unpaired) electrons. The van der Waals surface area contributed by atoms with Crippen LogP contribution in [0.1, 0.15) is 31.2 Å². The molecular weight excluding hydrogens is 424 g/mol. The van der Waals surface area contributed by atoms with E-state index in [1.807, 2.05) is 12.1 Å². The zero-order valence-corrected chi connectivity index (χ0v) is 20.1. The number of hydrogen-bond donors (Lipinski definition) is 2. The average Bonchev–Trinajstić information content (AvgIpc) is 3.41. The summed E-state index contributed by atoms with van der Waals surface area (Å²) < 4.78 is 6.23. The van der Waals surface area contributed by atoms with Gasteiger partial charge in [-0.15, -0.1) is 0 Å². The van der Waals surface area contributed by atoms with Crippen molar-refractivity contribution in [1.82, 2.24) is 20.2 Å². The molecule has 3 aliphatic heterocycles. The second-order valence-electron chi connectivity index (χ2n) is 10.3. The second-order valence-corrected chi connectivity index (χ2v) is 10.3. The number of aromatic nitrogens is 2. The minimum Gasteiger partial charge on any atom is -0.462 e. The molecule has 0 saturated carbocycles. The highest BCUT2D eigenvalue weighted by Crippen LogP contribution is 2.34. The Morgan fingerprint density at radius 2 is 1.88 bits per heavy atom. The average molecular weight is 459 g/mol. The van der Waals surface area contributed by atoms with E-state index < -0.39 is 0 Å². The number of ether oxygens (including phenoxy) is 1. The quantitative estimate of drug-likeness (QED) is 0.566. The van der Waals surface area contributed by atoms with E-state index in [1.165, 1.54) is 24.8 Å². The van der Waals surface area contributed by atoms with Gasteiger partial charge in [0.25, 0.3) is 0 Å². The Morgan fingerprint density at radius 3 is 2.65 bits per heavy atom. The van der Waals surface area contributed by atoms with Crippen molar-refractivity contribution in [2.45, 2.75) is 50.7 Å². The number of benzene rings is 2. The molecule has 2 aromatic carbocycles. The molecule has 0 aliphatic carbocycles. The lowest BCUT2D eigenvalue weighted by Gasteiger charge is -2.34. The summed E-state index contributed by atoms with van der Waals surface area (Å²) in [6.07, 6.45) is 4.86. The van der Waals surface area contributed by atoms with Crippen LogP contribution in [-0.4, -0.2) is 66.3 Å². The molecular formula is C27H34N6O. The molecule has 6 rings (SSSR count). The van der Waals surface area contributed by atoms with Crippen LogP contribution in [0.25, 0.3) is 22.0 Å². The maximum atomic E-state index is 6.23. The number of fused-ring (bicyclic) bond motifs is 3. The third-order valence-electron chi connectivity index (χ3n) is 7.82. The van der Waals surface area contributed by atoms with Crippen molar-refractivity contribution in [2.24, 2.45) is 0 Å². The number of hydrogen-bond acceptors (Lipinski definition) is 7. The maximum absolute atomic E-state index is 6.23. The van der Waals surface area contributed by atoms with Gasteiger partial charge < -0.3 is 25.6 Å². The summed E-state index contributed by atoms with van der Waals surface area (Å²) in [5.41, 5.74) is 11.2. The fourth-order valence-electron chi connectivity index (χ4n) is 5.85. The summed E-state index contributed by atoms with van der Waals surface area (Å²) in [4.78, 5) is 14.7. The van der Waals surface area contributed by atoms with Gasteiger partial charge in [0.15, 0.2) is 0 Å². The predicted molar refractivity (Wildman–Crippen MR) is 137 cm³/mol. The van der Waals surface area contributed by atoms with Crippen LogP contribution >= 0.6 is 0 Å². The normalized spacial score (nSPS) is 24.8. The first-order valence-corrected chi connectivity index (χ1v) is 12.6. The molecule has 3 aromatic rings. The molecule has 3 saturated heterocycles. The molecule has 7 nitrogen and oxygen atoms in total. The predicted octanol–water partition coefficient (Wildman–Crippen LogP) is 3.60. The molecule has 7 heteroatoms. The highest BCUT2D eigenvalue weighted by molar-refractivity contribution is 5.93. The first kappa shape index (κ1) is 21.6. The van der Waals surface area contributed by atoms with Crippen molar-refractivity contribution in [1.29, 1.82) is 0 Å². The van der Waals surface area contributed by atoms with Crippen LogP contribution in [0.2, 0.25) is 0 Å². The van der Waals surface area contributed by atoms with Crippen LogP contribution in [0, 0.1) is 6.92 Å². The number of likely N-dealkylation sites (tertiary alicyclic amines) is 1. The Bertz CT molecular complexity index is 1200. The summed E-state index contributed by atoms with van der Waals surface area (Å²) in [5, 5.41) is 4.81. The lowest BCUT2D eigenvalue weighted by atomic mass is 9.98. The van der Waals surface area contributed by atoms with Crippen LogP contribution in [-0.2, 0) is 0 Å². The molecule has 34 heavy (non-hydrogen) atoms. The number of nitrogen functional groups attached to an aromatic ring is 1. The lowest BCUT2D eigenvalue weighted by Crippen LogP contribution is -2.51. The monoisotopic (exact) mass is 458 g/mol. The van der Waals surface area contributed by atoms with Crippen molar-refractivity contribution in [3.05, 3.63) is 42.0 Å². The van der Waals surface area contributed by atoms with Crippen LogP contribution in [0.4, 0.5) is 11.5 Å². The van der Waals surface area contributed by atoms with Crippen molar-refractivity contribution >= 4 is 22.4 Å². The first-order valence-electron chi connectivity index (χ1n) is 12.6. The van der Waals surface area contributed by atoms with E-state index in [0.717, 1.165) is 59.6 Å². The van der Waals surface area contributed by atoms with Gasteiger partial charge in [0, 0.05) is 42.3 Å². The minimum atomic E-state index is 0.430. The summed E-state index contributed by atoms with van der Waals surface area (Å²) in [7, 11) is 2.17. The Kier molecular flexibility index (Phi) is 5.54. The molecule has 3 aliphatic rings. The standard InChI is InChI=1S/C27H34N6O/c1-17-5-7-19(28)13-24(17)18-6-10-23-25(12-18)30-27(34-16-22-4-3-11-32(22)2)31-26(23)33-14-20-8-9-21(15-33)29-20/h5-7,10,12-13,20-22,29H,3-4,8-9,11,14-16,28H2,1-2H3/t20-,21+,22-/m0/s1. The van der Waals surface area contributed by atoms with Crippen LogP contribution in [0.3, 0.4) is 0 Å². The third kappa shape index (κ3) is 4.07. The third-order valence-corrected chi connectivity index (χ3v) is 7.82. The number of likely N-dealkylation sites (N-methyl/N-ethyl adjacent to an activating group) is 1. The number of rotatable bonds is 5. The summed E-state index contributed by atoms with van der Waals surface area (Å²) in [6, 6.07) is 14.5. The summed E-state index contributed by atoms with van der Waals surface area (Å²) in [5.74, 6) is 0.994. The number of aryl methyl sites for hydroxylation is 1. The molecule has 3 atom stereocenters. The molecule has 2 bridgehead atoms. The van der Waals surface area contributed by atoms with Crippen LogP contribution < -0.4 is 20.7 Å². The largest absolute Gasteiger partial charge is 0.462 e. The van der Waals surface area contributed by atoms with Gasteiger partial charge in [-0.2, -0.15) is 9.97 Å². The molecule has 1 aromatic heterocycles. The van der Waals surface area contributed by atoms with E-state index >= 15 is 0 Å². The van der Waals surface area contributed by atoms with Crippen LogP contribution in [0.5, 0.6) is 6.01 Å². The molecule has 3 fully saturated rings. The van der Waals surface area contributed by atoms with Gasteiger partial charge >= 0.3 is 6.01 Å². The Morgan fingerprint density at radius 1 is 1.06 bits per heavy atom. The molecule has 0 amide bonds. The van der Waals surface area contributed by atoms with E-state index in [0.29, 0.717) is 30.7 Å². The van der Waals surface area contributed by atoms with Crippen molar-refractivity contribution in [3.63, 3.8) is 0 Å². The lowest BCUT2D eigenvalue weighted by molar-refractivity contribution is 0.188. The SMILES string of the molecule is Cc1ccc(N)cc1-c1ccc2c(N3C[C@H]4CC[C@@H](C3)N4)nc(OC[C@@H]3CCCN3C)nc2c1. The van der Waals surface area contributed by atoms with E-state index in [-0.39, 0.29) is 0 Å². The molecule has 4 heterocycles. The van der Waals surface area contributed by atoms with Crippen LogP contribution in [0.15, 0.2) is 36.4 Å². The molecule has 178 valence electrons. The van der Waals surface area contributed by atoms with E-state index in [4.69, 9.17) is 20.4 Å². The summed E-state index contributed by atoms with van der Waals surface area (Å²) >= 11 is 0. The molecule has 3 N–H and O–H groups in total. The van der Waals surface area contributed by atoms with Crippen molar-refractivity contribution in [3.8, 4) is 17.1 Å². The smallest absolute Gasteiger partial charge is 0.319 e. The zero-order chi connectivity index (χ0) is 23.2. The maximum Gasteiger partial charge on any atom is 0.319 e. The fraction of sp³-hybridized carbons (Fsp3) is 0.481. The van der Waals surface area contributed by atoms with E-state index in [2.05, 4.69) is 53.4 Å². The topological polar surface area (TPSA) is 79.5 Å². The van der Waals surface area contributed by atoms with Crippen molar-refractivity contribution in [2.75, 3.05) is 43.9 Å². The van der Waals surface area contributed by atoms with Gasteiger partial charge in [0.05, 0.1) is 5.52 Å². The number of nitrogens with one attached hydrogen (secondary N) is 1. The van der Waals surface area contributed by atoms with E-state index in [1.54, 1.807) is 0 Å². The van der Waals surface area contributed by atoms with Gasteiger partial charge in [-0.25, -0.2) is 0 Å². The number of nitrogens with zero attached hydrogens (tertiary/aromatic N) is 4. The Balaban J connectivity index is 1.40. The summed E-state index contributed by atoms with van der Waals surface area (Å²) in [6.45, 7) is 5.83. The van der Waals surface area contributed by atoms with Gasteiger partial charge in [0.2, 0.25) is 0 Å². The highest BCUT2D eigenvalue weighted by Gasteiger charge is 2.33. The number of anilines is 2. The van der Waals surface area contributed by atoms with Gasteiger partial charge in [-0.3, -0.25) is 0 Å².